The Balaban J connectivity index is 0.000000145. The van der Waals surface area contributed by atoms with E-state index in [1.165, 1.54) is 0 Å². The van der Waals surface area contributed by atoms with Crippen LogP contribution in [0.3, 0.4) is 0 Å². The van der Waals surface area contributed by atoms with E-state index in [4.69, 9.17) is 41.4 Å². The average molecular weight is 1240 g/mol. The third-order valence-corrected chi connectivity index (χ3v) is 16.9. The summed E-state index contributed by atoms with van der Waals surface area (Å²) < 4.78 is 0. The fraction of sp³-hybridized carbons (Fsp3) is 0. The molecule has 17 rings (SSSR count). The van der Waals surface area contributed by atoms with Crippen molar-refractivity contribution in [2.24, 2.45) is 0 Å². The van der Waals surface area contributed by atoms with Crippen LogP contribution in [0.25, 0.3) is 132 Å². The molecule has 454 valence electrons. The van der Waals surface area contributed by atoms with Gasteiger partial charge in [0.25, 0.3) is 0 Å². The second-order valence-electron chi connectivity index (χ2n) is 22.8. The molecule has 0 unspecified atom stereocenters. The monoisotopic (exact) mass is 1240 g/mol. The first-order chi connectivity index (χ1) is 47.1. The number of aromatic nitrogens is 8. The number of carbonyl (C=O) groups is 4. The summed E-state index contributed by atoms with van der Waals surface area (Å²) in [6, 6.07) is 83.5. The van der Waals surface area contributed by atoms with Crippen molar-refractivity contribution >= 4 is 122 Å². The number of fused-ring (bicyclic) bond motifs is 14. The molecule has 0 radical (unpaired) electrons. The van der Waals surface area contributed by atoms with Crippen LogP contribution in [0.2, 0.25) is 0 Å². The highest BCUT2D eigenvalue weighted by atomic mass is 16.2. The summed E-state index contributed by atoms with van der Waals surface area (Å²) in [6.45, 7) is 0. The molecule has 0 aliphatic heterocycles. The molecule has 0 aliphatic carbocycles. The molecule has 4 N–H and O–H groups in total. The van der Waals surface area contributed by atoms with Crippen LogP contribution in [0, 0.1) is 0 Å². The third-order valence-electron chi connectivity index (χ3n) is 16.9. The third kappa shape index (κ3) is 11.2. The summed E-state index contributed by atoms with van der Waals surface area (Å²) in [6.07, 6.45) is 6.69. The Hall–Kier alpha value is -13.5. The predicted molar refractivity (Wildman–Crippen MR) is 383 cm³/mol. The molecule has 0 spiro atoms. The van der Waals surface area contributed by atoms with Crippen LogP contribution < -0.4 is 11.5 Å². The number of carbonyl (C=O) groups excluding carboxylic acids is 4. The van der Waals surface area contributed by atoms with Gasteiger partial charge in [-0.1, -0.05) is 206 Å². The zero-order valence-electron chi connectivity index (χ0n) is 51.1. The van der Waals surface area contributed by atoms with E-state index in [0.717, 1.165) is 99.7 Å². The van der Waals surface area contributed by atoms with Crippen LogP contribution in [-0.4, -0.2) is 63.0 Å². The highest BCUT2D eigenvalue weighted by molar-refractivity contribution is 6.50. The molecule has 0 fully saturated rings. The molecule has 14 heteroatoms. The molecule has 4 aromatic heterocycles. The van der Waals surface area contributed by atoms with Crippen molar-refractivity contribution < 1.29 is 19.2 Å². The summed E-state index contributed by atoms with van der Waals surface area (Å²) in [7, 11) is 0. The minimum atomic E-state index is -0.642. The quantitative estimate of drug-likeness (QED) is 0.0563. The molecular formula is C82H52N10O4. The van der Waals surface area contributed by atoms with Gasteiger partial charge in [-0.15, -0.1) is 0 Å². The van der Waals surface area contributed by atoms with Gasteiger partial charge in [0, 0.05) is 90.8 Å². The van der Waals surface area contributed by atoms with Crippen LogP contribution in [0.15, 0.2) is 292 Å². The van der Waals surface area contributed by atoms with E-state index < -0.39 is 23.1 Å². The molecule has 0 bridgehead atoms. The number of hydrogen-bond donors (Lipinski definition) is 2. The standard InChI is InChI=1S/C44H26N6.C32H18N2O4.C6H8N2/c1-3-11-27(12-4-1)39-41(49-37-17-9-7-15-35(37)47-39)29-19-21-31-33(25-29)34-26-30(20-22-32(34)44-43(31)45-23-24-46-44)42-40(28-13-5-2-6-14-28)48-36-16-8-10-18-38(36)50-42;35-29(19-7-3-1-4-8-19)31(37)21-11-13-23-25(17-21)26-18-22(32(38)30(36)20-9-5-2-6-10-20)12-14-24(26)28-27(23)33-15-16-34-28;7-5-3-1-2-4-6(5)8/h1-26H;1-18H;1-4H,7-8H2. The van der Waals surface area contributed by atoms with Gasteiger partial charge in [0.15, 0.2) is 0 Å². The number of nitrogens with two attached hydrogens (primary N) is 2. The number of nitrogens with zero attached hydrogens (tertiary/aromatic N) is 8. The molecule has 0 aliphatic rings. The lowest BCUT2D eigenvalue weighted by Crippen LogP contribution is -2.14. The largest absolute Gasteiger partial charge is 0.397 e. The second kappa shape index (κ2) is 25.3. The molecule has 0 amide bonds. The average Bonchev–Trinajstić information content (AvgIpc) is 0.740. The first-order valence-electron chi connectivity index (χ1n) is 30.9. The van der Waals surface area contributed by atoms with E-state index in [9.17, 15) is 19.2 Å². The maximum atomic E-state index is 13.1. The Morgan fingerprint density at radius 1 is 0.229 bits per heavy atom. The molecular weight excluding hydrogens is 1190 g/mol. The number of nitrogen functional groups attached to an aromatic ring is 2. The maximum absolute atomic E-state index is 13.1. The van der Waals surface area contributed by atoms with Crippen molar-refractivity contribution in [1.29, 1.82) is 0 Å². The van der Waals surface area contributed by atoms with Crippen LogP contribution in [0.1, 0.15) is 41.4 Å². The lowest BCUT2D eigenvalue weighted by atomic mass is 9.92. The van der Waals surface area contributed by atoms with Gasteiger partial charge in [-0.3, -0.25) is 39.1 Å². The van der Waals surface area contributed by atoms with Crippen molar-refractivity contribution in [2.75, 3.05) is 11.5 Å². The molecule has 13 aromatic carbocycles. The van der Waals surface area contributed by atoms with Crippen molar-refractivity contribution in [3.8, 4) is 45.0 Å². The Morgan fingerprint density at radius 3 is 0.812 bits per heavy atom. The highest BCUT2D eigenvalue weighted by Crippen LogP contribution is 2.41. The summed E-state index contributed by atoms with van der Waals surface area (Å²) in [5, 5.41) is 6.82. The Morgan fingerprint density at radius 2 is 0.490 bits per heavy atom. The first-order valence-corrected chi connectivity index (χ1v) is 30.9. The van der Waals surface area contributed by atoms with E-state index in [1.807, 2.05) is 97.1 Å². The molecule has 96 heavy (non-hydrogen) atoms. The van der Waals surface area contributed by atoms with Gasteiger partial charge >= 0.3 is 0 Å². The normalized spacial score (nSPS) is 11.2. The fourth-order valence-corrected chi connectivity index (χ4v) is 12.1. The lowest BCUT2D eigenvalue weighted by Gasteiger charge is -2.15. The fourth-order valence-electron chi connectivity index (χ4n) is 12.1. The van der Waals surface area contributed by atoms with Crippen molar-refractivity contribution in [3.05, 3.63) is 314 Å². The van der Waals surface area contributed by atoms with E-state index >= 15 is 0 Å². The van der Waals surface area contributed by atoms with Gasteiger partial charge in [0.2, 0.25) is 23.1 Å². The van der Waals surface area contributed by atoms with Crippen molar-refractivity contribution in [2.45, 2.75) is 0 Å². The number of ketones is 4. The smallest absolute Gasteiger partial charge is 0.233 e. The zero-order chi connectivity index (χ0) is 65.2. The summed E-state index contributed by atoms with van der Waals surface area (Å²) in [5.74, 6) is -2.51. The highest BCUT2D eigenvalue weighted by Gasteiger charge is 2.24. The summed E-state index contributed by atoms with van der Waals surface area (Å²) >= 11 is 0. The van der Waals surface area contributed by atoms with Crippen LogP contribution in [-0.2, 0) is 0 Å². The summed E-state index contributed by atoms with van der Waals surface area (Å²) in [5.41, 5.74) is 26.8. The SMILES string of the molecule is Nc1ccccc1N.O=C(C(=O)c1ccc2c(c1)c1cc(C(=O)C(=O)c3ccccc3)ccc1c1nccnc21)c1ccccc1.c1ccc(-c2nc3ccccc3nc2-c2ccc3c(c2)c2cc(-c4nc5ccccc5nc4-c4ccccc4)ccc2c2nccnc32)cc1. The van der Waals surface area contributed by atoms with Gasteiger partial charge in [0.1, 0.15) is 0 Å². The number of para-hydroxylation sites is 6. The number of rotatable bonds is 10. The van der Waals surface area contributed by atoms with Gasteiger partial charge in [-0.05, 0) is 82.2 Å². The maximum Gasteiger partial charge on any atom is 0.233 e. The van der Waals surface area contributed by atoms with E-state index in [-0.39, 0.29) is 11.1 Å². The predicted octanol–water partition coefficient (Wildman–Crippen LogP) is 17.4. The Bertz CT molecular complexity index is 5600. The van der Waals surface area contributed by atoms with Crippen LogP contribution in [0.4, 0.5) is 11.4 Å². The topological polar surface area (TPSA) is 223 Å². The van der Waals surface area contributed by atoms with Gasteiger partial charge < -0.3 is 11.5 Å². The number of hydrogen-bond acceptors (Lipinski definition) is 14. The van der Waals surface area contributed by atoms with Crippen LogP contribution in [0.5, 0.6) is 0 Å². The molecule has 0 saturated carbocycles. The minimum absolute atomic E-state index is 0.216. The Labute approximate surface area is 548 Å². The molecule has 14 nitrogen and oxygen atoms in total. The van der Waals surface area contributed by atoms with Crippen molar-refractivity contribution in [1.82, 2.24) is 39.9 Å². The summed E-state index contributed by atoms with van der Waals surface area (Å²) in [4.78, 5) is 91.3. The van der Waals surface area contributed by atoms with E-state index in [2.05, 4.69) is 70.6 Å². The lowest BCUT2D eigenvalue weighted by molar-refractivity contribution is 0.0817. The molecule has 0 atom stereocenters. The van der Waals surface area contributed by atoms with Gasteiger partial charge in [-0.25, -0.2) is 19.9 Å². The van der Waals surface area contributed by atoms with Crippen LogP contribution >= 0.6 is 0 Å². The molecule has 0 saturated heterocycles. The van der Waals surface area contributed by atoms with Gasteiger partial charge in [0.05, 0.1) is 78.3 Å². The number of anilines is 2. The van der Waals surface area contributed by atoms with Crippen molar-refractivity contribution in [3.63, 3.8) is 0 Å². The first kappa shape index (κ1) is 58.9. The second-order valence-corrected chi connectivity index (χ2v) is 22.8. The molecule has 17 aromatic rings. The number of Topliss-reactive ketones (excluding diaryl/α,β-unsaturated/α-hetero) is 4. The molecule has 4 heterocycles. The Kier molecular flexibility index (Phi) is 15.5. The minimum Gasteiger partial charge on any atom is -0.397 e. The van der Waals surface area contributed by atoms with E-state index in [1.54, 1.807) is 134 Å². The van der Waals surface area contributed by atoms with Gasteiger partial charge in [-0.2, -0.15) is 0 Å². The van der Waals surface area contributed by atoms with E-state index in [0.29, 0.717) is 55.1 Å². The number of benzene rings is 13. The zero-order valence-corrected chi connectivity index (χ0v) is 51.1.